The maximum Gasteiger partial charge on any atom is 0.407 e. The summed E-state index contributed by atoms with van der Waals surface area (Å²) in [4.78, 5) is 24.8. The number of carbonyl (C=O) groups excluding carboxylic acids is 1. The molecule has 0 unspecified atom stereocenters. The lowest BCUT2D eigenvalue weighted by atomic mass is 9.93. The monoisotopic (exact) mass is 449 g/mol. The van der Waals surface area contributed by atoms with Gasteiger partial charge in [0, 0.05) is 13.0 Å². The van der Waals surface area contributed by atoms with Crippen LogP contribution in [-0.2, 0) is 11.2 Å². The van der Waals surface area contributed by atoms with E-state index in [1.165, 1.54) is 16.0 Å². The average Bonchev–Trinajstić information content (AvgIpc) is 3.13. The van der Waals surface area contributed by atoms with Crippen LogP contribution in [0, 0.1) is 5.41 Å². The molecule has 0 radical (unpaired) electrons. The fourth-order valence-electron chi connectivity index (χ4n) is 4.19. The second-order valence-electron chi connectivity index (χ2n) is 9.75. The standard InChI is InChI=1S/C27H31NO5/c1-27(2,3)25(29)33-21-12-13-24-19(16-21)6-4-5-7-23(24)18-8-10-20(11-9-18)32-22-14-15-28(17-22)26(30)31/h7-13,16,22H,4-6,14-15,17H2,1-3H3,(H,30,31)/t22-/m0/s1. The van der Waals surface area contributed by atoms with E-state index >= 15 is 0 Å². The molecule has 0 saturated carbocycles. The first-order valence-corrected chi connectivity index (χ1v) is 11.5. The summed E-state index contributed by atoms with van der Waals surface area (Å²) in [5, 5.41) is 9.12. The van der Waals surface area contributed by atoms with Gasteiger partial charge in [-0.3, -0.25) is 4.79 Å². The second kappa shape index (κ2) is 9.30. The number of allylic oxidation sites excluding steroid dienone is 1. The predicted molar refractivity (Wildman–Crippen MR) is 127 cm³/mol. The lowest BCUT2D eigenvalue weighted by molar-refractivity contribution is -0.143. The van der Waals surface area contributed by atoms with Gasteiger partial charge in [0.15, 0.2) is 0 Å². The van der Waals surface area contributed by atoms with Crippen molar-refractivity contribution < 1.29 is 24.2 Å². The Bertz CT molecular complexity index is 1060. The Labute approximate surface area is 194 Å². The number of fused-ring (bicyclic) bond motifs is 1. The van der Waals surface area contributed by atoms with Gasteiger partial charge >= 0.3 is 12.1 Å². The molecule has 6 nitrogen and oxygen atoms in total. The van der Waals surface area contributed by atoms with Crippen molar-refractivity contribution in [3.8, 4) is 11.5 Å². The first-order chi connectivity index (χ1) is 15.7. The lowest BCUT2D eigenvalue weighted by Crippen LogP contribution is -2.29. The second-order valence-corrected chi connectivity index (χ2v) is 9.75. The Hall–Kier alpha value is -3.28. The van der Waals surface area contributed by atoms with Crippen LogP contribution in [0.4, 0.5) is 4.79 Å². The highest BCUT2D eigenvalue weighted by atomic mass is 16.5. The van der Waals surface area contributed by atoms with Gasteiger partial charge < -0.3 is 19.5 Å². The Morgan fingerprint density at radius 1 is 1.06 bits per heavy atom. The molecule has 1 aliphatic carbocycles. The van der Waals surface area contributed by atoms with Crippen LogP contribution >= 0.6 is 0 Å². The van der Waals surface area contributed by atoms with Crippen LogP contribution in [0.1, 0.15) is 56.7 Å². The van der Waals surface area contributed by atoms with E-state index in [2.05, 4.69) is 6.08 Å². The van der Waals surface area contributed by atoms with E-state index in [0.717, 1.165) is 36.1 Å². The van der Waals surface area contributed by atoms with Crippen LogP contribution < -0.4 is 9.47 Å². The number of rotatable bonds is 4. The highest BCUT2D eigenvalue weighted by molar-refractivity contribution is 5.83. The molecule has 1 heterocycles. The van der Waals surface area contributed by atoms with Crippen molar-refractivity contribution in [1.29, 1.82) is 0 Å². The van der Waals surface area contributed by atoms with Crippen LogP contribution in [0.5, 0.6) is 11.5 Å². The molecule has 1 fully saturated rings. The van der Waals surface area contributed by atoms with Gasteiger partial charge in [-0.05, 0) is 86.6 Å². The average molecular weight is 450 g/mol. The number of hydrogen-bond acceptors (Lipinski definition) is 4. The first-order valence-electron chi connectivity index (χ1n) is 11.5. The van der Waals surface area contributed by atoms with Crippen molar-refractivity contribution in [2.75, 3.05) is 13.1 Å². The van der Waals surface area contributed by atoms with E-state index in [4.69, 9.17) is 14.6 Å². The molecule has 1 N–H and O–H groups in total. The molecule has 174 valence electrons. The van der Waals surface area contributed by atoms with Crippen molar-refractivity contribution >= 4 is 17.6 Å². The number of esters is 1. The van der Waals surface area contributed by atoms with Gasteiger partial charge in [-0.25, -0.2) is 4.79 Å². The molecule has 2 aromatic carbocycles. The minimum absolute atomic E-state index is 0.112. The molecule has 1 aliphatic heterocycles. The maximum atomic E-state index is 12.3. The zero-order valence-electron chi connectivity index (χ0n) is 19.5. The highest BCUT2D eigenvalue weighted by Crippen LogP contribution is 2.34. The molecule has 1 amide bonds. The zero-order valence-corrected chi connectivity index (χ0v) is 19.5. The Balaban J connectivity index is 1.50. The molecule has 33 heavy (non-hydrogen) atoms. The fraction of sp³-hybridized carbons (Fsp3) is 0.407. The van der Waals surface area contributed by atoms with Gasteiger partial charge in [0.1, 0.15) is 17.6 Å². The van der Waals surface area contributed by atoms with Crippen molar-refractivity contribution in [1.82, 2.24) is 4.90 Å². The summed E-state index contributed by atoms with van der Waals surface area (Å²) in [6, 6.07) is 13.9. The van der Waals surface area contributed by atoms with Crippen LogP contribution in [-0.4, -0.2) is 41.3 Å². The fourth-order valence-corrected chi connectivity index (χ4v) is 4.19. The number of carbonyl (C=O) groups is 2. The number of likely N-dealkylation sites (tertiary alicyclic amines) is 1. The van der Waals surface area contributed by atoms with E-state index in [1.54, 1.807) is 0 Å². The molecule has 1 saturated heterocycles. The quantitative estimate of drug-likeness (QED) is 0.490. The van der Waals surface area contributed by atoms with E-state index < -0.39 is 11.5 Å². The first kappa shape index (κ1) is 22.9. The topological polar surface area (TPSA) is 76.1 Å². The molecule has 1 atom stereocenters. The molecule has 0 aromatic heterocycles. The number of hydrogen-bond donors (Lipinski definition) is 1. The Morgan fingerprint density at radius 3 is 2.45 bits per heavy atom. The molecular weight excluding hydrogens is 418 g/mol. The number of aryl methyl sites for hydroxylation is 1. The summed E-state index contributed by atoms with van der Waals surface area (Å²) in [5.41, 5.74) is 4.05. The normalized spacial score (nSPS) is 18.2. The van der Waals surface area contributed by atoms with E-state index in [0.29, 0.717) is 25.3 Å². The van der Waals surface area contributed by atoms with Crippen molar-refractivity contribution in [3.63, 3.8) is 0 Å². The van der Waals surface area contributed by atoms with Crippen LogP contribution in [0.25, 0.3) is 5.57 Å². The van der Waals surface area contributed by atoms with Gasteiger partial charge in [0.05, 0.1) is 12.0 Å². The summed E-state index contributed by atoms with van der Waals surface area (Å²) in [7, 11) is 0. The minimum Gasteiger partial charge on any atom is -0.489 e. The molecule has 2 aromatic rings. The minimum atomic E-state index is -0.897. The van der Waals surface area contributed by atoms with Crippen LogP contribution in [0.3, 0.4) is 0 Å². The SMILES string of the molecule is CC(C)(C)C(=O)Oc1ccc2c(c1)CCCC=C2c1ccc(O[C@H]2CCN(C(=O)O)C2)cc1. The number of ether oxygens (including phenoxy) is 2. The third-order valence-electron chi connectivity index (χ3n) is 6.07. The summed E-state index contributed by atoms with van der Waals surface area (Å²) >= 11 is 0. The number of nitrogens with zero attached hydrogens (tertiary/aromatic N) is 1. The molecule has 0 bridgehead atoms. The summed E-state index contributed by atoms with van der Waals surface area (Å²) in [5.74, 6) is 1.09. The number of carboxylic acid groups (broad SMARTS) is 1. The van der Waals surface area contributed by atoms with E-state index in [9.17, 15) is 9.59 Å². The highest BCUT2D eigenvalue weighted by Gasteiger charge is 2.27. The number of amides is 1. The Kier molecular flexibility index (Phi) is 6.45. The number of benzene rings is 2. The van der Waals surface area contributed by atoms with Gasteiger partial charge in [-0.15, -0.1) is 0 Å². The van der Waals surface area contributed by atoms with Gasteiger partial charge in [-0.1, -0.05) is 24.3 Å². The summed E-state index contributed by atoms with van der Waals surface area (Å²) < 4.78 is 11.6. The predicted octanol–water partition coefficient (Wildman–Crippen LogP) is 5.54. The summed E-state index contributed by atoms with van der Waals surface area (Å²) in [6.07, 6.45) is 4.91. The van der Waals surface area contributed by atoms with Gasteiger partial charge in [0.2, 0.25) is 0 Å². The molecule has 2 aliphatic rings. The van der Waals surface area contributed by atoms with E-state index in [-0.39, 0.29) is 12.1 Å². The van der Waals surface area contributed by atoms with Gasteiger partial charge in [-0.2, -0.15) is 0 Å². The van der Waals surface area contributed by atoms with E-state index in [1.807, 2.05) is 63.2 Å². The summed E-state index contributed by atoms with van der Waals surface area (Å²) in [6.45, 7) is 6.46. The molecular formula is C27H31NO5. The molecule has 6 heteroatoms. The third-order valence-corrected chi connectivity index (χ3v) is 6.07. The van der Waals surface area contributed by atoms with Crippen molar-refractivity contribution in [2.24, 2.45) is 5.41 Å². The molecule has 4 rings (SSSR count). The molecule has 0 spiro atoms. The van der Waals surface area contributed by atoms with Crippen LogP contribution in [0.2, 0.25) is 0 Å². The largest absolute Gasteiger partial charge is 0.489 e. The third kappa shape index (κ3) is 5.38. The van der Waals surface area contributed by atoms with Crippen molar-refractivity contribution in [3.05, 3.63) is 65.2 Å². The lowest BCUT2D eigenvalue weighted by Gasteiger charge is -2.18. The maximum absolute atomic E-state index is 12.3. The van der Waals surface area contributed by atoms with Crippen molar-refractivity contribution in [2.45, 2.75) is 52.6 Å². The van der Waals surface area contributed by atoms with Crippen LogP contribution in [0.15, 0.2) is 48.5 Å². The zero-order chi connectivity index (χ0) is 23.6. The Morgan fingerprint density at radius 2 is 1.79 bits per heavy atom. The van der Waals surface area contributed by atoms with Gasteiger partial charge in [0.25, 0.3) is 0 Å². The smallest absolute Gasteiger partial charge is 0.407 e.